The predicted molar refractivity (Wildman–Crippen MR) is 117 cm³/mol. The first kappa shape index (κ1) is 20.0. The highest BCUT2D eigenvalue weighted by Gasteiger charge is 2.26. The fourth-order valence-electron chi connectivity index (χ4n) is 3.48. The number of hydrogen-bond donors (Lipinski definition) is 1. The predicted octanol–water partition coefficient (Wildman–Crippen LogP) is 5.07. The zero-order valence-corrected chi connectivity index (χ0v) is 17.2. The molecule has 6 heteroatoms. The third-order valence-electron chi connectivity index (χ3n) is 5.19. The highest BCUT2D eigenvalue weighted by atomic mass is 35.5. The molecular formula is C24H21ClN2O3. The van der Waals surface area contributed by atoms with Crippen molar-refractivity contribution >= 4 is 29.1 Å². The van der Waals surface area contributed by atoms with E-state index in [1.54, 1.807) is 41.3 Å². The average molecular weight is 421 g/mol. The Labute approximate surface area is 180 Å². The quantitative estimate of drug-likeness (QED) is 0.640. The summed E-state index contributed by atoms with van der Waals surface area (Å²) in [6.45, 7) is 2.39. The summed E-state index contributed by atoms with van der Waals surface area (Å²) in [6.07, 6.45) is 0. The van der Waals surface area contributed by atoms with Gasteiger partial charge in [0.05, 0.1) is 12.6 Å². The van der Waals surface area contributed by atoms with Crippen LogP contribution in [0, 0.1) is 0 Å². The lowest BCUT2D eigenvalue weighted by Gasteiger charge is -2.28. The van der Waals surface area contributed by atoms with Crippen molar-refractivity contribution in [2.45, 2.75) is 19.5 Å². The number of ether oxygens (including phenoxy) is 1. The van der Waals surface area contributed by atoms with E-state index in [2.05, 4.69) is 5.32 Å². The molecule has 152 valence electrons. The van der Waals surface area contributed by atoms with Gasteiger partial charge in [-0.2, -0.15) is 0 Å². The van der Waals surface area contributed by atoms with Crippen LogP contribution in [0.1, 0.15) is 34.5 Å². The number of benzene rings is 3. The summed E-state index contributed by atoms with van der Waals surface area (Å²) in [5, 5.41) is 3.47. The highest BCUT2D eigenvalue weighted by molar-refractivity contribution is 6.30. The second-order valence-electron chi connectivity index (χ2n) is 7.18. The molecule has 1 aliphatic heterocycles. The van der Waals surface area contributed by atoms with Crippen molar-refractivity contribution in [1.82, 2.24) is 4.90 Å². The molecule has 1 unspecified atom stereocenters. The number of nitrogens with one attached hydrogen (secondary N) is 1. The number of hydrogen-bond acceptors (Lipinski definition) is 3. The molecule has 0 radical (unpaired) electrons. The number of carbonyl (C=O) groups is 2. The van der Waals surface area contributed by atoms with E-state index in [1.807, 2.05) is 43.3 Å². The van der Waals surface area contributed by atoms with Gasteiger partial charge in [0.1, 0.15) is 5.75 Å². The van der Waals surface area contributed by atoms with Crippen molar-refractivity contribution in [3.8, 4) is 5.75 Å². The number of amides is 2. The Morgan fingerprint density at radius 2 is 1.80 bits per heavy atom. The molecule has 3 aromatic carbocycles. The molecule has 30 heavy (non-hydrogen) atoms. The van der Waals surface area contributed by atoms with Crippen molar-refractivity contribution in [3.63, 3.8) is 0 Å². The van der Waals surface area contributed by atoms with Crippen molar-refractivity contribution in [2.75, 3.05) is 11.9 Å². The molecule has 1 heterocycles. The summed E-state index contributed by atoms with van der Waals surface area (Å²) in [5.74, 6) is 0.344. The van der Waals surface area contributed by atoms with E-state index in [-0.39, 0.29) is 24.5 Å². The first-order valence-corrected chi connectivity index (χ1v) is 10.1. The Bertz CT molecular complexity index is 1070. The highest BCUT2D eigenvalue weighted by Crippen LogP contribution is 2.31. The van der Waals surface area contributed by atoms with Crippen molar-refractivity contribution in [3.05, 3.63) is 94.5 Å². The van der Waals surface area contributed by atoms with Gasteiger partial charge in [0.2, 0.25) is 0 Å². The van der Waals surface area contributed by atoms with E-state index in [0.717, 1.165) is 11.1 Å². The summed E-state index contributed by atoms with van der Waals surface area (Å²) >= 11 is 5.89. The summed E-state index contributed by atoms with van der Waals surface area (Å²) in [5.41, 5.74) is 3.05. The third kappa shape index (κ3) is 4.31. The Kier molecular flexibility index (Phi) is 5.72. The van der Waals surface area contributed by atoms with Crippen LogP contribution in [0.3, 0.4) is 0 Å². The van der Waals surface area contributed by atoms with Crippen LogP contribution in [-0.2, 0) is 11.3 Å². The van der Waals surface area contributed by atoms with E-state index in [4.69, 9.17) is 16.3 Å². The number of fused-ring (bicyclic) bond motifs is 1. The molecule has 5 nitrogen and oxygen atoms in total. The molecule has 1 atom stereocenters. The van der Waals surface area contributed by atoms with Crippen molar-refractivity contribution < 1.29 is 14.3 Å². The maximum Gasteiger partial charge on any atom is 0.261 e. The minimum atomic E-state index is -0.230. The van der Waals surface area contributed by atoms with Crippen molar-refractivity contribution in [2.24, 2.45) is 0 Å². The van der Waals surface area contributed by atoms with Crippen LogP contribution in [0.5, 0.6) is 5.75 Å². The van der Waals surface area contributed by atoms with E-state index >= 15 is 0 Å². The molecule has 3 aromatic rings. The van der Waals surface area contributed by atoms with E-state index in [9.17, 15) is 9.59 Å². The first-order valence-electron chi connectivity index (χ1n) is 9.68. The molecular weight excluding hydrogens is 400 g/mol. The number of anilines is 1. The van der Waals surface area contributed by atoms with Gasteiger partial charge in [0.25, 0.3) is 11.8 Å². The average Bonchev–Trinajstić information content (AvgIpc) is 2.93. The number of halogens is 1. The fourth-order valence-corrected chi connectivity index (χ4v) is 3.61. The van der Waals surface area contributed by atoms with Gasteiger partial charge in [-0.15, -0.1) is 0 Å². The van der Waals surface area contributed by atoms with Gasteiger partial charge in [-0.05, 0) is 55.0 Å². The maximum absolute atomic E-state index is 12.7. The second-order valence-corrected chi connectivity index (χ2v) is 7.62. The van der Waals surface area contributed by atoms with Crippen LogP contribution >= 0.6 is 11.6 Å². The Morgan fingerprint density at radius 1 is 1.07 bits per heavy atom. The van der Waals surface area contributed by atoms with Crippen LogP contribution < -0.4 is 10.1 Å². The number of nitrogens with zero attached hydrogens (tertiary/aromatic N) is 1. The zero-order chi connectivity index (χ0) is 21.1. The molecule has 4 rings (SSSR count). The van der Waals surface area contributed by atoms with Gasteiger partial charge in [-0.3, -0.25) is 9.59 Å². The lowest BCUT2D eigenvalue weighted by molar-refractivity contribution is -0.135. The molecule has 0 aromatic heterocycles. The van der Waals surface area contributed by atoms with Gasteiger partial charge in [-0.1, -0.05) is 41.9 Å². The summed E-state index contributed by atoms with van der Waals surface area (Å²) in [7, 11) is 0. The van der Waals surface area contributed by atoms with E-state index in [0.29, 0.717) is 28.6 Å². The Balaban J connectivity index is 1.56. The van der Waals surface area contributed by atoms with Gasteiger partial charge in [0, 0.05) is 21.8 Å². The number of rotatable bonds is 4. The molecule has 1 N–H and O–H groups in total. The molecule has 0 bridgehead atoms. The third-order valence-corrected chi connectivity index (χ3v) is 5.44. The minimum absolute atomic E-state index is 0.0132. The van der Waals surface area contributed by atoms with Crippen LogP contribution in [0.25, 0.3) is 0 Å². The minimum Gasteiger partial charge on any atom is -0.483 e. The monoisotopic (exact) mass is 420 g/mol. The lowest BCUT2D eigenvalue weighted by atomic mass is 10.1. The topological polar surface area (TPSA) is 58.6 Å². The molecule has 0 aliphatic carbocycles. The van der Waals surface area contributed by atoms with Crippen LogP contribution in [0.4, 0.5) is 5.69 Å². The van der Waals surface area contributed by atoms with Gasteiger partial charge in [-0.25, -0.2) is 0 Å². The largest absolute Gasteiger partial charge is 0.483 e. The lowest BCUT2D eigenvalue weighted by Crippen LogP contribution is -2.34. The fraction of sp³-hybridized carbons (Fsp3) is 0.167. The summed E-state index contributed by atoms with van der Waals surface area (Å²) in [4.78, 5) is 27.0. The molecule has 1 aliphatic rings. The molecule has 0 fully saturated rings. The summed E-state index contributed by atoms with van der Waals surface area (Å²) in [6, 6.07) is 21.9. The van der Waals surface area contributed by atoms with E-state index < -0.39 is 0 Å². The first-order chi connectivity index (χ1) is 14.5. The molecule has 2 amide bonds. The second kappa shape index (κ2) is 8.59. The van der Waals surface area contributed by atoms with Crippen LogP contribution in [0.15, 0.2) is 72.8 Å². The van der Waals surface area contributed by atoms with Gasteiger partial charge >= 0.3 is 0 Å². The molecule has 0 saturated heterocycles. The zero-order valence-electron chi connectivity index (χ0n) is 16.5. The summed E-state index contributed by atoms with van der Waals surface area (Å²) < 4.78 is 5.72. The standard InChI is InChI=1S/C24H21ClN2O3/c1-16(17-5-3-2-4-6-17)27-14-19-13-21(11-12-22(19)30-15-23(27)28)26-24(29)18-7-9-20(25)10-8-18/h2-13,16H,14-15H2,1H3,(H,26,29). The molecule has 0 spiro atoms. The molecule has 0 saturated carbocycles. The Morgan fingerprint density at radius 3 is 2.53 bits per heavy atom. The van der Waals surface area contributed by atoms with Gasteiger partial charge < -0.3 is 15.0 Å². The van der Waals surface area contributed by atoms with Crippen molar-refractivity contribution in [1.29, 1.82) is 0 Å². The van der Waals surface area contributed by atoms with E-state index in [1.165, 1.54) is 0 Å². The van der Waals surface area contributed by atoms with Crippen LogP contribution in [0.2, 0.25) is 5.02 Å². The number of carbonyl (C=O) groups excluding carboxylic acids is 2. The smallest absolute Gasteiger partial charge is 0.261 e. The van der Waals surface area contributed by atoms with Crippen LogP contribution in [-0.4, -0.2) is 23.3 Å². The van der Waals surface area contributed by atoms with Gasteiger partial charge in [0.15, 0.2) is 6.61 Å². The SMILES string of the molecule is CC(c1ccccc1)N1Cc2cc(NC(=O)c3ccc(Cl)cc3)ccc2OCC1=O. The normalized spacial score (nSPS) is 14.3. The maximum atomic E-state index is 12.7. The Hall–Kier alpha value is -3.31.